The topological polar surface area (TPSA) is 85.0 Å². The summed E-state index contributed by atoms with van der Waals surface area (Å²) in [7, 11) is 0. The van der Waals surface area contributed by atoms with Crippen LogP contribution in [0.25, 0.3) is 16.7 Å². The second kappa shape index (κ2) is 8.54. The summed E-state index contributed by atoms with van der Waals surface area (Å²) >= 11 is 0. The van der Waals surface area contributed by atoms with Crippen molar-refractivity contribution in [2.75, 3.05) is 18.4 Å². The molecule has 1 aliphatic carbocycles. The van der Waals surface area contributed by atoms with Crippen molar-refractivity contribution in [3.8, 4) is 5.69 Å². The van der Waals surface area contributed by atoms with Gasteiger partial charge in [0.05, 0.1) is 11.6 Å². The van der Waals surface area contributed by atoms with Crippen molar-refractivity contribution in [2.24, 2.45) is 0 Å². The van der Waals surface area contributed by atoms with Crippen molar-refractivity contribution in [1.82, 2.24) is 24.2 Å². The van der Waals surface area contributed by atoms with Gasteiger partial charge in [0.2, 0.25) is 0 Å². The first kappa shape index (κ1) is 22.4. The number of carbonyl (C=O) groups excluding carboxylic acids is 2. The number of fused-ring (bicyclic) bond motifs is 1. The van der Waals surface area contributed by atoms with Crippen LogP contribution >= 0.6 is 0 Å². The lowest BCUT2D eigenvalue weighted by molar-refractivity contribution is -0.0494. The molecule has 2 fully saturated rings. The Kier molecular flexibility index (Phi) is 5.31. The van der Waals surface area contributed by atoms with Gasteiger partial charge in [-0.05, 0) is 43.2 Å². The molecule has 0 unspecified atom stereocenters. The number of hydrogen-bond donors (Lipinski definition) is 1. The maximum absolute atomic E-state index is 13.5. The van der Waals surface area contributed by atoms with Gasteiger partial charge in [0.25, 0.3) is 17.7 Å². The van der Waals surface area contributed by atoms with E-state index in [2.05, 4.69) is 15.4 Å². The molecule has 3 aromatic heterocycles. The molecule has 1 aromatic carbocycles. The molecule has 184 valence electrons. The molecule has 36 heavy (non-hydrogen) atoms. The quantitative estimate of drug-likeness (QED) is 0.440. The Hall–Kier alpha value is -4.08. The summed E-state index contributed by atoms with van der Waals surface area (Å²) in [5.41, 5.74) is 2.21. The van der Waals surface area contributed by atoms with Crippen LogP contribution in [0.3, 0.4) is 0 Å². The number of pyridine rings is 1. The molecule has 2 aliphatic rings. The van der Waals surface area contributed by atoms with Crippen molar-refractivity contribution in [2.45, 2.75) is 37.6 Å². The molecular formula is C26H24F2N6O2. The molecule has 1 saturated heterocycles. The fourth-order valence-electron chi connectivity index (χ4n) is 4.50. The highest BCUT2D eigenvalue weighted by Crippen LogP contribution is 2.34. The van der Waals surface area contributed by atoms with Gasteiger partial charge in [-0.3, -0.25) is 14.3 Å². The van der Waals surface area contributed by atoms with Gasteiger partial charge in [0.1, 0.15) is 5.65 Å². The number of hydrogen-bond acceptors (Lipinski definition) is 4. The molecule has 1 aliphatic heterocycles. The fraction of sp³-hybridized carbons (Fsp3) is 0.308. The first-order chi connectivity index (χ1) is 17.4. The van der Waals surface area contributed by atoms with Crippen molar-refractivity contribution in [3.63, 3.8) is 0 Å². The summed E-state index contributed by atoms with van der Waals surface area (Å²) in [5, 5.41) is 8.00. The largest absolute Gasteiger partial charge is 0.338 e. The minimum absolute atomic E-state index is 0.0283. The second-order valence-electron chi connectivity index (χ2n) is 9.39. The number of aromatic nitrogens is 4. The van der Waals surface area contributed by atoms with Crippen LogP contribution in [-0.4, -0.2) is 55.1 Å². The number of likely N-dealkylation sites (tertiary alicyclic amines) is 1. The normalized spacial score (nSPS) is 17.3. The molecule has 0 spiro atoms. The molecule has 0 atom stereocenters. The fourth-order valence-corrected chi connectivity index (χ4v) is 4.50. The molecule has 8 nitrogen and oxygen atoms in total. The highest BCUT2D eigenvalue weighted by molar-refractivity contribution is 6.04. The van der Waals surface area contributed by atoms with E-state index in [0.29, 0.717) is 28.6 Å². The van der Waals surface area contributed by atoms with Crippen LogP contribution in [0.1, 0.15) is 52.4 Å². The molecule has 1 N–H and O–H groups in total. The van der Waals surface area contributed by atoms with E-state index in [9.17, 15) is 18.4 Å². The van der Waals surface area contributed by atoms with Gasteiger partial charge in [0.15, 0.2) is 5.82 Å². The molecule has 10 heteroatoms. The summed E-state index contributed by atoms with van der Waals surface area (Å²) in [6, 6.07) is 12.9. The molecule has 0 bridgehead atoms. The third-order valence-corrected chi connectivity index (χ3v) is 6.71. The average molecular weight is 491 g/mol. The van der Waals surface area contributed by atoms with Gasteiger partial charge in [-0.25, -0.2) is 13.8 Å². The molecule has 2 amide bonds. The Morgan fingerprint density at radius 2 is 1.81 bits per heavy atom. The number of nitrogens with one attached hydrogen (secondary N) is 1. The van der Waals surface area contributed by atoms with E-state index in [0.717, 1.165) is 23.9 Å². The van der Waals surface area contributed by atoms with Crippen molar-refractivity contribution >= 4 is 28.7 Å². The van der Waals surface area contributed by atoms with Crippen LogP contribution in [0.15, 0.2) is 61.1 Å². The van der Waals surface area contributed by atoms with Crippen LogP contribution in [0.5, 0.6) is 0 Å². The number of amides is 2. The van der Waals surface area contributed by atoms with Crippen molar-refractivity contribution in [3.05, 3.63) is 72.2 Å². The predicted molar refractivity (Wildman–Crippen MR) is 130 cm³/mol. The lowest BCUT2D eigenvalue weighted by atomic mass is 10.1. The Morgan fingerprint density at radius 3 is 2.58 bits per heavy atom. The van der Waals surface area contributed by atoms with Crippen LogP contribution < -0.4 is 5.32 Å². The van der Waals surface area contributed by atoms with Gasteiger partial charge in [0, 0.05) is 67.2 Å². The maximum Gasteiger partial charge on any atom is 0.256 e. The predicted octanol–water partition coefficient (Wildman–Crippen LogP) is 4.68. The Balaban J connectivity index is 1.20. The van der Waals surface area contributed by atoms with E-state index < -0.39 is 5.92 Å². The molecule has 4 aromatic rings. The van der Waals surface area contributed by atoms with E-state index in [-0.39, 0.29) is 37.7 Å². The standard InChI is InChI=1S/C26H24F2N6O2/c27-26(28)8-12-32(13-9-26)25(36)19-14-17-6-10-33(23(17)29-16-19)21-3-1-2-18(15-21)24(35)30-22-7-11-34(31-22)20-4-5-20/h1-3,6-7,10-11,14-16,20H,4-5,8-9,12-13H2,(H,30,31,35). The van der Waals surface area contributed by atoms with Gasteiger partial charge in [-0.2, -0.15) is 5.10 Å². The zero-order valence-corrected chi connectivity index (χ0v) is 19.4. The van der Waals surface area contributed by atoms with Crippen molar-refractivity contribution < 1.29 is 18.4 Å². The molecule has 1 saturated carbocycles. The maximum atomic E-state index is 13.5. The van der Waals surface area contributed by atoms with Crippen LogP contribution in [0.2, 0.25) is 0 Å². The van der Waals surface area contributed by atoms with E-state index in [1.54, 1.807) is 30.3 Å². The summed E-state index contributed by atoms with van der Waals surface area (Å²) in [5.74, 6) is -2.75. The lowest BCUT2D eigenvalue weighted by Gasteiger charge is -2.31. The molecular weight excluding hydrogens is 466 g/mol. The Labute approximate surface area is 205 Å². The number of alkyl halides is 2. The van der Waals surface area contributed by atoms with Gasteiger partial charge in [-0.1, -0.05) is 6.07 Å². The monoisotopic (exact) mass is 490 g/mol. The zero-order valence-electron chi connectivity index (χ0n) is 19.4. The number of rotatable bonds is 5. The third kappa shape index (κ3) is 4.34. The van der Waals surface area contributed by atoms with E-state index in [1.807, 2.05) is 33.8 Å². The molecule has 6 rings (SSSR count). The highest BCUT2D eigenvalue weighted by atomic mass is 19.3. The van der Waals surface area contributed by atoms with Crippen LogP contribution in [0, 0.1) is 0 Å². The minimum atomic E-state index is -2.71. The SMILES string of the molecule is O=C(Nc1ccn(C2CC2)n1)c1cccc(-n2ccc3cc(C(=O)N4CCC(F)(F)CC4)cnc32)c1. The number of nitrogens with zero attached hydrogens (tertiary/aromatic N) is 5. The summed E-state index contributed by atoms with van der Waals surface area (Å²) in [6.07, 6.45) is 6.75. The van der Waals surface area contributed by atoms with Gasteiger partial charge >= 0.3 is 0 Å². The van der Waals surface area contributed by atoms with Crippen LogP contribution in [-0.2, 0) is 0 Å². The van der Waals surface area contributed by atoms with Crippen molar-refractivity contribution in [1.29, 1.82) is 0 Å². The van der Waals surface area contributed by atoms with E-state index in [4.69, 9.17) is 0 Å². The first-order valence-corrected chi connectivity index (χ1v) is 12.0. The van der Waals surface area contributed by atoms with Gasteiger partial charge < -0.3 is 14.8 Å². The molecule has 0 radical (unpaired) electrons. The van der Waals surface area contributed by atoms with Gasteiger partial charge in [-0.15, -0.1) is 0 Å². The smallest absolute Gasteiger partial charge is 0.256 e. The average Bonchev–Trinajstić information content (AvgIpc) is 3.48. The Bertz CT molecular complexity index is 1460. The summed E-state index contributed by atoms with van der Waals surface area (Å²) in [4.78, 5) is 31.6. The Morgan fingerprint density at radius 1 is 1.00 bits per heavy atom. The minimum Gasteiger partial charge on any atom is -0.338 e. The number of piperidine rings is 1. The third-order valence-electron chi connectivity index (χ3n) is 6.71. The number of anilines is 1. The zero-order chi connectivity index (χ0) is 24.9. The molecule has 4 heterocycles. The number of benzene rings is 1. The summed E-state index contributed by atoms with van der Waals surface area (Å²) < 4.78 is 30.6. The number of carbonyl (C=O) groups is 2. The highest BCUT2D eigenvalue weighted by Gasteiger charge is 2.36. The number of halogens is 2. The van der Waals surface area contributed by atoms with E-state index in [1.165, 1.54) is 11.1 Å². The first-order valence-electron chi connectivity index (χ1n) is 12.0. The summed E-state index contributed by atoms with van der Waals surface area (Å²) in [6.45, 7) is 0.0567. The lowest BCUT2D eigenvalue weighted by Crippen LogP contribution is -2.42. The van der Waals surface area contributed by atoms with E-state index >= 15 is 0 Å². The second-order valence-corrected chi connectivity index (χ2v) is 9.39. The van der Waals surface area contributed by atoms with Crippen LogP contribution in [0.4, 0.5) is 14.6 Å².